The molecule has 2 aromatic carbocycles. The van der Waals surface area contributed by atoms with Crippen LogP contribution in [-0.2, 0) is 21.9 Å². The van der Waals surface area contributed by atoms with E-state index in [2.05, 4.69) is 4.98 Å². The first kappa shape index (κ1) is 25.9. The highest BCUT2D eigenvalue weighted by Crippen LogP contribution is 2.28. The lowest BCUT2D eigenvalue weighted by atomic mass is 10.1. The molecule has 0 fully saturated rings. The van der Waals surface area contributed by atoms with Crippen molar-refractivity contribution in [3.05, 3.63) is 57.2 Å². The Kier molecular flexibility index (Phi) is 8.87. The van der Waals surface area contributed by atoms with Gasteiger partial charge in [-0.3, -0.25) is 4.79 Å². The number of amides is 1. The second kappa shape index (κ2) is 11.6. The summed E-state index contributed by atoms with van der Waals surface area (Å²) >= 11 is 2.34. The first-order valence-electron chi connectivity index (χ1n) is 10.8. The number of fused-ring (bicyclic) bond motifs is 1. The molecule has 0 aliphatic heterocycles. The number of H-pyrrole nitrogens is 1. The Bertz CT molecular complexity index is 1170. The lowest BCUT2D eigenvalue weighted by molar-refractivity contribution is 0.0235. The lowest BCUT2D eigenvalue weighted by Gasteiger charge is -2.27. The number of thiazole rings is 1. The molecule has 0 aliphatic rings. The summed E-state index contributed by atoms with van der Waals surface area (Å²) in [5, 5.41) is 10.0. The van der Waals surface area contributed by atoms with Crippen molar-refractivity contribution < 1.29 is 23.6 Å². The third-order valence-corrected chi connectivity index (χ3v) is 6.13. The van der Waals surface area contributed by atoms with Crippen molar-refractivity contribution in [2.24, 2.45) is 0 Å². The third-order valence-electron chi connectivity index (χ3n) is 4.77. The summed E-state index contributed by atoms with van der Waals surface area (Å²) < 4.78 is 17.3. The van der Waals surface area contributed by atoms with E-state index in [0.29, 0.717) is 48.7 Å². The van der Waals surface area contributed by atoms with Crippen LogP contribution in [0, 0.1) is 0 Å². The number of ether oxygens (including phenoxy) is 2. The van der Waals surface area contributed by atoms with Gasteiger partial charge in [0.2, 0.25) is 0 Å². The maximum atomic E-state index is 13.0. The van der Waals surface area contributed by atoms with E-state index in [9.17, 15) is 14.7 Å². The van der Waals surface area contributed by atoms with Crippen LogP contribution in [0.15, 0.2) is 41.2 Å². The fraction of sp³-hybridized carbons (Fsp3) is 0.417. The molecule has 8 nitrogen and oxygen atoms in total. The first-order valence-corrected chi connectivity index (χ1v) is 12.8. The molecule has 0 saturated heterocycles. The average molecular weight is 507 g/mol. The number of hydrogen-bond acceptors (Lipinski definition) is 8. The molecule has 0 radical (unpaired) electrons. The van der Waals surface area contributed by atoms with Crippen LogP contribution in [0.25, 0.3) is 10.2 Å². The highest BCUT2D eigenvalue weighted by molar-refractivity contribution is 7.93. The molecule has 0 unspecified atom stereocenters. The van der Waals surface area contributed by atoms with E-state index >= 15 is 0 Å². The molecule has 0 bridgehead atoms. The zero-order chi connectivity index (χ0) is 24.7. The zero-order valence-electron chi connectivity index (χ0n) is 19.8. The molecule has 184 valence electrons. The van der Waals surface area contributed by atoms with Gasteiger partial charge in [-0.25, -0.2) is 4.79 Å². The van der Waals surface area contributed by atoms with Crippen LogP contribution < -0.4 is 9.61 Å². The summed E-state index contributed by atoms with van der Waals surface area (Å²) in [6.45, 7) is 7.09. The third kappa shape index (κ3) is 7.41. The molecule has 34 heavy (non-hydrogen) atoms. The van der Waals surface area contributed by atoms with E-state index in [1.165, 1.54) is 12.0 Å². The van der Waals surface area contributed by atoms with Crippen LogP contribution in [-0.4, -0.2) is 52.7 Å². The summed E-state index contributed by atoms with van der Waals surface area (Å²) in [6, 6.07) is 10.9. The van der Waals surface area contributed by atoms with Crippen molar-refractivity contribution in [1.82, 2.24) is 9.88 Å². The molecule has 3 rings (SSSR count). The summed E-state index contributed by atoms with van der Waals surface area (Å²) in [5.74, 6) is 0.726. The van der Waals surface area contributed by atoms with E-state index in [-0.39, 0.29) is 10.6 Å². The van der Waals surface area contributed by atoms with Crippen molar-refractivity contribution in [3.63, 3.8) is 0 Å². The van der Waals surface area contributed by atoms with Crippen molar-refractivity contribution in [2.75, 3.05) is 26.0 Å². The average Bonchev–Trinajstić information content (AvgIpc) is 3.17. The largest absolute Gasteiger partial charge is 0.506 e. The second-order valence-electron chi connectivity index (χ2n) is 8.60. The number of carbonyl (C=O) groups is 1. The molecule has 0 aliphatic carbocycles. The van der Waals surface area contributed by atoms with Crippen LogP contribution in [0.5, 0.6) is 11.5 Å². The van der Waals surface area contributed by atoms with E-state index in [1.54, 1.807) is 17.0 Å². The maximum Gasteiger partial charge on any atom is 0.410 e. The van der Waals surface area contributed by atoms with Gasteiger partial charge in [0.25, 0.3) is 0 Å². The molecule has 0 saturated carbocycles. The Balaban J connectivity index is 1.77. The van der Waals surface area contributed by atoms with Crippen LogP contribution in [0.4, 0.5) is 4.79 Å². The van der Waals surface area contributed by atoms with Gasteiger partial charge < -0.3 is 28.6 Å². The minimum absolute atomic E-state index is 0.0286. The number of rotatable bonds is 10. The number of benzene rings is 2. The molecule has 3 aromatic rings. The van der Waals surface area contributed by atoms with Crippen molar-refractivity contribution in [1.29, 1.82) is 0 Å². The van der Waals surface area contributed by atoms with Gasteiger partial charge in [0.05, 0.1) is 11.3 Å². The fourth-order valence-corrected chi connectivity index (χ4v) is 4.45. The smallest absolute Gasteiger partial charge is 0.410 e. The van der Waals surface area contributed by atoms with Gasteiger partial charge in [-0.1, -0.05) is 29.5 Å². The lowest BCUT2D eigenvalue weighted by Crippen LogP contribution is -2.37. The van der Waals surface area contributed by atoms with Crippen LogP contribution in [0.3, 0.4) is 0 Å². The van der Waals surface area contributed by atoms with Crippen molar-refractivity contribution >= 4 is 39.7 Å². The number of carbonyl (C=O) groups excluding carboxylic acids is 1. The number of nitrogens with one attached hydrogen (secondary N) is 1. The molecule has 0 spiro atoms. The Morgan fingerprint density at radius 1 is 1.21 bits per heavy atom. The van der Waals surface area contributed by atoms with Crippen molar-refractivity contribution in [2.45, 2.75) is 39.3 Å². The summed E-state index contributed by atoms with van der Waals surface area (Å²) in [5.41, 5.74) is 1.56. The number of phenols is 1. The van der Waals surface area contributed by atoms with E-state index in [0.717, 1.165) is 22.5 Å². The SMILES string of the molecule is CSOCCOc1cccc(CN(CCc2ccc(O)c3[nH]c(=O)sc23)C(=O)OC(C)(C)C)c1. The number of phenolic OH excluding ortho intramolecular Hbond substituents is 1. The Morgan fingerprint density at radius 2 is 2.00 bits per heavy atom. The molecular formula is C24H30N2O6S2. The minimum atomic E-state index is -0.635. The highest BCUT2D eigenvalue weighted by atomic mass is 32.2. The predicted octanol–water partition coefficient (Wildman–Crippen LogP) is 4.95. The quantitative estimate of drug-likeness (QED) is 0.296. The minimum Gasteiger partial charge on any atom is -0.506 e. The molecule has 2 N–H and O–H groups in total. The number of nitrogens with zero attached hydrogens (tertiary/aromatic N) is 1. The zero-order valence-corrected chi connectivity index (χ0v) is 21.4. The summed E-state index contributed by atoms with van der Waals surface area (Å²) in [4.78, 5) is 28.9. The van der Waals surface area contributed by atoms with E-state index in [1.807, 2.05) is 51.3 Å². The van der Waals surface area contributed by atoms with Crippen LogP contribution in [0.2, 0.25) is 0 Å². The standard InChI is InChI=1S/C24H30N2O6S2/c1-24(2,3)32-23(29)26(15-16-6-5-7-18(14-16)30-12-13-31-33-4)11-10-17-8-9-19(27)20-21(17)34-22(28)25-20/h5-9,14,27H,10-13,15H2,1-4H3,(H,25,28). The maximum absolute atomic E-state index is 13.0. The monoisotopic (exact) mass is 506 g/mol. The molecule has 1 aromatic heterocycles. The molecule has 0 atom stereocenters. The summed E-state index contributed by atoms with van der Waals surface area (Å²) in [7, 11) is 0. The van der Waals surface area contributed by atoms with Gasteiger partial charge in [-0.15, -0.1) is 0 Å². The van der Waals surface area contributed by atoms with Gasteiger partial charge in [0.15, 0.2) is 0 Å². The van der Waals surface area contributed by atoms with E-state index in [4.69, 9.17) is 13.7 Å². The second-order valence-corrected chi connectivity index (χ2v) is 10.2. The highest BCUT2D eigenvalue weighted by Gasteiger charge is 2.23. The van der Waals surface area contributed by atoms with Gasteiger partial charge in [0, 0.05) is 19.3 Å². The molecule has 10 heteroatoms. The first-order chi connectivity index (χ1) is 16.2. The normalized spacial score (nSPS) is 11.5. The van der Waals surface area contributed by atoms with Crippen LogP contribution in [0.1, 0.15) is 31.9 Å². The van der Waals surface area contributed by atoms with Gasteiger partial charge in [0.1, 0.15) is 29.2 Å². The molecule has 1 amide bonds. The molecular weight excluding hydrogens is 476 g/mol. The molecule has 1 heterocycles. The summed E-state index contributed by atoms with van der Waals surface area (Å²) in [6.07, 6.45) is 1.92. The number of aromatic nitrogens is 1. The van der Waals surface area contributed by atoms with Gasteiger partial charge >= 0.3 is 11.0 Å². The fourth-order valence-electron chi connectivity index (χ4n) is 3.32. The Labute approximate surface area is 207 Å². The number of hydrogen-bond donors (Lipinski definition) is 2. The Hall–Kier alpha value is -2.69. The Morgan fingerprint density at radius 3 is 2.74 bits per heavy atom. The van der Waals surface area contributed by atoms with Crippen LogP contribution >= 0.6 is 23.4 Å². The topological polar surface area (TPSA) is 101 Å². The van der Waals surface area contributed by atoms with Crippen molar-refractivity contribution in [3.8, 4) is 11.5 Å². The van der Waals surface area contributed by atoms with Gasteiger partial charge in [-0.05, 0) is 68.6 Å². The number of aromatic amines is 1. The van der Waals surface area contributed by atoms with E-state index < -0.39 is 11.7 Å². The van der Waals surface area contributed by atoms with Gasteiger partial charge in [-0.2, -0.15) is 0 Å². The predicted molar refractivity (Wildman–Crippen MR) is 136 cm³/mol. The number of aromatic hydroxyl groups is 1.